The maximum atomic E-state index is 6.03. The van der Waals surface area contributed by atoms with E-state index in [1.807, 2.05) is 54.2 Å². The van der Waals surface area contributed by atoms with Gasteiger partial charge in [-0.05, 0) is 23.8 Å². The Hall–Kier alpha value is -2.73. The summed E-state index contributed by atoms with van der Waals surface area (Å²) in [6.07, 6.45) is 3.23. The predicted molar refractivity (Wildman–Crippen MR) is 87.2 cm³/mol. The van der Waals surface area contributed by atoms with Gasteiger partial charge in [0.1, 0.15) is 24.2 Å². The van der Waals surface area contributed by atoms with Crippen LogP contribution in [-0.4, -0.2) is 29.8 Å². The molecule has 114 valence electrons. The van der Waals surface area contributed by atoms with E-state index in [1.54, 1.807) is 11.0 Å². The fraction of sp³-hybridized carbons (Fsp3) is 0.125. The predicted octanol–water partition coefficient (Wildman–Crippen LogP) is 2.85. The Morgan fingerprint density at radius 1 is 1.09 bits per heavy atom. The van der Waals surface area contributed by atoms with E-state index in [2.05, 4.69) is 20.4 Å². The van der Waals surface area contributed by atoms with Crippen LogP contribution in [0.4, 0.5) is 0 Å². The number of halogens is 1. The van der Waals surface area contributed by atoms with Crippen molar-refractivity contribution in [3.05, 3.63) is 71.3 Å². The highest BCUT2D eigenvalue weighted by Gasteiger charge is 2.21. The summed E-state index contributed by atoms with van der Waals surface area (Å²) in [5.74, 6) is 0. The molecule has 6 nitrogen and oxygen atoms in total. The van der Waals surface area contributed by atoms with Crippen molar-refractivity contribution >= 4 is 22.6 Å². The number of nitrogens with zero attached hydrogens (tertiary/aromatic N) is 6. The largest absolute Gasteiger partial charge is 0.248 e. The molecule has 2 aromatic carbocycles. The molecule has 1 atom stereocenters. The van der Waals surface area contributed by atoms with E-state index in [1.165, 1.54) is 6.33 Å². The van der Waals surface area contributed by atoms with Crippen LogP contribution in [0.3, 0.4) is 0 Å². The average Bonchev–Trinajstić information content (AvgIpc) is 3.21. The molecule has 4 rings (SSSR count). The van der Waals surface area contributed by atoms with Gasteiger partial charge in [-0.25, -0.2) is 14.3 Å². The molecule has 1 unspecified atom stereocenters. The van der Waals surface area contributed by atoms with Crippen molar-refractivity contribution in [2.24, 2.45) is 7.05 Å². The monoisotopic (exact) mass is 324 g/mol. The fourth-order valence-corrected chi connectivity index (χ4v) is 2.90. The number of aryl methyl sites for hydroxylation is 1. The normalized spacial score (nSPS) is 12.6. The lowest BCUT2D eigenvalue weighted by Gasteiger charge is -2.18. The van der Waals surface area contributed by atoms with Crippen molar-refractivity contribution in [2.75, 3.05) is 0 Å². The number of rotatable bonds is 3. The van der Waals surface area contributed by atoms with E-state index in [4.69, 9.17) is 11.6 Å². The summed E-state index contributed by atoms with van der Waals surface area (Å²) in [5.41, 5.74) is 3.90. The van der Waals surface area contributed by atoms with Crippen molar-refractivity contribution in [3.8, 4) is 0 Å². The molecule has 23 heavy (non-hydrogen) atoms. The second-order valence-corrected chi connectivity index (χ2v) is 5.69. The van der Waals surface area contributed by atoms with Crippen molar-refractivity contribution < 1.29 is 0 Å². The fourth-order valence-electron chi connectivity index (χ4n) is 2.77. The van der Waals surface area contributed by atoms with Gasteiger partial charge in [-0.3, -0.25) is 0 Å². The second kappa shape index (κ2) is 5.48. The van der Waals surface area contributed by atoms with Gasteiger partial charge in [0.2, 0.25) is 0 Å². The summed E-state index contributed by atoms with van der Waals surface area (Å²) in [7, 11) is 1.88. The van der Waals surface area contributed by atoms with Gasteiger partial charge in [0, 0.05) is 17.6 Å². The first kappa shape index (κ1) is 13.9. The molecule has 2 aromatic heterocycles. The quantitative estimate of drug-likeness (QED) is 0.581. The standard InChI is InChI=1S/C16H13ClN6/c1-22-14-4-2-3-13(15(14)20-21-22)16(23-10-18-9-19-23)11-5-7-12(17)8-6-11/h2-10,16H,1H3. The molecule has 7 heteroatoms. The summed E-state index contributed by atoms with van der Waals surface area (Å²) < 4.78 is 3.58. The average molecular weight is 325 g/mol. The third-order valence-electron chi connectivity index (χ3n) is 3.85. The molecule has 0 radical (unpaired) electrons. The molecule has 0 saturated carbocycles. The van der Waals surface area contributed by atoms with E-state index in [0.29, 0.717) is 5.02 Å². The number of hydrogen-bond donors (Lipinski definition) is 0. The van der Waals surface area contributed by atoms with Crippen LogP contribution in [-0.2, 0) is 7.05 Å². The van der Waals surface area contributed by atoms with Crippen molar-refractivity contribution in [2.45, 2.75) is 6.04 Å². The van der Waals surface area contributed by atoms with Crippen LogP contribution in [0.25, 0.3) is 11.0 Å². The lowest BCUT2D eigenvalue weighted by molar-refractivity contribution is 0.596. The Labute approximate surface area is 137 Å². The van der Waals surface area contributed by atoms with E-state index < -0.39 is 0 Å². The Morgan fingerprint density at radius 3 is 2.65 bits per heavy atom. The summed E-state index contributed by atoms with van der Waals surface area (Å²) in [6, 6.07) is 13.6. The van der Waals surface area contributed by atoms with Gasteiger partial charge in [-0.15, -0.1) is 5.10 Å². The molecule has 0 aliphatic carbocycles. The second-order valence-electron chi connectivity index (χ2n) is 5.26. The first-order valence-corrected chi connectivity index (χ1v) is 7.50. The molecule has 0 saturated heterocycles. The van der Waals surface area contributed by atoms with Crippen molar-refractivity contribution in [1.29, 1.82) is 0 Å². The van der Waals surface area contributed by atoms with Crippen molar-refractivity contribution in [3.63, 3.8) is 0 Å². The Morgan fingerprint density at radius 2 is 1.91 bits per heavy atom. The zero-order valence-electron chi connectivity index (χ0n) is 12.3. The summed E-state index contributed by atoms with van der Waals surface area (Å²) >= 11 is 6.03. The minimum Gasteiger partial charge on any atom is -0.248 e. The van der Waals surface area contributed by atoms with E-state index in [-0.39, 0.29) is 6.04 Å². The van der Waals surface area contributed by atoms with Crippen molar-refractivity contribution in [1.82, 2.24) is 29.8 Å². The molecular formula is C16H13ClN6. The van der Waals surface area contributed by atoms with Crippen LogP contribution < -0.4 is 0 Å². The van der Waals surface area contributed by atoms with Gasteiger partial charge >= 0.3 is 0 Å². The summed E-state index contributed by atoms with van der Waals surface area (Å²) in [6.45, 7) is 0. The smallest absolute Gasteiger partial charge is 0.137 e. The highest BCUT2D eigenvalue weighted by Crippen LogP contribution is 2.30. The van der Waals surface area contributed by atoms with Crippen LogP contribution in [0.2, 0.25) is 5.02 Å². The van der Waals surface area contributed by atoms with Crippen LogP contribution in [0.1, 0.15) is 17.2 Å². The van der Waals surface area contributed by atoms with Gasteiger partial charge in [0.25, 0.3) is 0 Å². The minimum absolute atomic E-state index is 0.143. The topological polar surface area (TPSA) is 61.4 Å². The minimum atomic E-state index is -0.143. The van der Waals surface area contributed by atoms with Crippen LogP contribution in [0.15, 0.2) is 55.1 Å². The lowest BCUT2D eigenvalue weighted by Crippen LogP contribution is -2.13. The molecule has 0 aliphatic heterocycles. The first-order valence-electron chi connectivity index (χ1n) is 7.12. The molecule has 0 spiro atoms. The number of fused-ring (bicyclic) bond motifs is 1. The van der Waals surface area contributed by atoms with Gasteiger partial charge in [-0.1, -0.05) is 41.1 Å². The van der Waals surface area contributed by atoms with E-state index in [9.17, 15) is 0 Å². The zero-order chi connectivity index (χ0) is 15.8. The summed E-state index contributed by atoms with van der Waals surface area (Å²) in [5, 5.41) is 13.5. The SMILES string of the molecule is Cn1nnc2c(C(c3ccc(Cl)cc3)n3cncn3)cccc21. The van der Waals surface area contributed by atoms with E-state index >= 15 is 0 Å². The van der Waals surface area contributed by atoms with Crippen LogP contribution in [0, 0.1) is 0 Å². The maximum absolute atomic E-state index is 6.03. The van der Waals surface area contributed by atoms with Crippen LogP contribution >= 0.6 is 11.6 Å². The third kappa shape index (κ3) is 2.37. The number of hydrogen-bond acceptors (Lipinski definition) is 4. The highest BCUT2D eigenvalue weighted by molar-refractivity contribution is 6.30. The zero-order valence-corrected chi connectivity index (χ0v) is 13.1. The molecule has 0 fully saturated rings. The molecule has 2 heterocycles. The van der Waals surface area contributed by atoms with Gasteiger partial charge < -0.3 is 0 Å². The Kier molecular flexibility index (Phi) is 3.31. The first-order chi connectivity index (χ1) is 11.2. The highest BCUT2D eigenvalue weighted by atomic mass is 35.5. The van der Waals surface area contributed by atoms with E-state index in [0.717, 1.165) is 22.2 Å². The Balaban J connectivity index is 1.96. The number of benzene rings is 2. The maximum Gasteiger partial charge on any atom is 0.137 e. The molecule has 0 aliphatic rings. The molecule has 0 N–H and O–H groups in total. The van der Waals surface area contributed by atoms with Crippen LogP contribution in [0.5, 0.6) is 0 Å². The molecule has 0 bridgehead atoms. The third-order valence-corrected chi connectivity index (χ3v) is 4.11. The Bertz CT molecular complexity index is 943. The number of aromatic nitrogens is 6. The molecular weight excluding hydrogens is 312 g/mol. The van der Waals surface area contributed by atoms with Gasteiger partial charge in [-0.2, -0.15) is 5.10 Å². The van der Waals surface area contributed by atoms with Gasteiger partial charge in [0.05, 0.1) is 5.52 Å². The molecule has 0 amide bonds. The van der Waals surface area contributed by atoms with Gasteiger partial charge in [0.15, 0.2) is 0 Å². The lowest BCUT2D eigenvalue weighted by atomic mass is 9.97. The molecule has 4 aromatic rings. The summed E-state index contributed by atoms with van der Waals surface area (Å²) in [4.78, 5) is 4.08.